The standard InChI is InChI=1S/C23H30ClFN8/c1-2-17-20-22(30-29-17)27-15-28-23(20)33-11-9-32(10-12-33)19-14-16(25)13-18(21(19)24)26-5-8-31-6-3-4-7-31/h13-15,26H,2-12H2,1H3,(H,27,28,29,30). The number of nitrogens with one attached hydrogen (secondary N) is 2. The maximum Gasteiger partial charge on any atom is 0.186 e. The molecule has 2 aliphatic heterocycles. The van der Waals surface area contributed by atoms with Gasteiger partial charge < -0.3 is 20.0 Å². The van der Waals surface area contributed by atoms with Crippen LogP contribution < -0.4 is 15.1 Å². The van der Waals surface area contributed by atoms with Crippen molar-refractivity contribution in [2.24, 2.45) is 0 Å². The first kappa shape index (κ1) is 22.2. The number of halogens is 2. The molecule has 0 aliphatic carbocycles. The molecule has 0 atom stereocenters. The minimum atomic E-state index is -0.274. The molecule has 2 aliphatic rings. The van der Waals surface area contributed by atoms with Gasteiger partial charge in [-0.15, -0.1) is 0 Å². The van der Waals surface area contributed by atoms with Crippen molar-refractivity contribution in [2.75, 3.05) is 67.5 Å². The van der Waals surface area contributed by atoms with Gasteiger partial charge in [0.25, 0.3) is 0 Å². The molecule has 176 valence electrons. The second-order valence-corrected chi connectivity index (χ2v) is 9.07. The van der Waals surface area contributed by atoms with E-state index < -0.39 is 0 Å². The van der Waals surface area contributed by atoms with Gasteiger partial charge in [0.05, 0.1) is 21.8 Å². The van der Waals surface area contributed by atoms with Crippen molar-refractivity contribution in [1.29, 1.82) is 0 Å². The zero-order valence-corrected chi connectivity index (χ0v) is 19.7. The van der Waals surface area contributed by atoms with Gasteiger partial charge in [0, 0.05) is 45.0 Å². The summed E-state index contributed by atoms with van der Waals surface area (Å²) in [5.74, 6) is 0.629. The molecule has 0 bridgehead atoms. The van der Waals surface area contributed by atoms with Crippen LogP contribution in [0.3, 0.4) is 0 Å². The highest BCUT2D eigenvalue weighted by Crippen LogP contribution is 2.35. The number of H-pyrrole nitrogens is 1. The van der Waals surface area contributed by atoms with E-state index in [9.17, 15) is 4.39 Å². The van der Waals surface area contributed by atoms with E-state index in [0.29, 0.717) is 16.4 Å². The SMILES string of the molecule is CCc1[nH]nc2ncnc(N3CCN(c4cc(F)cc(NCCN5CCCC5)c4Cl)CC3)c12. The number of aromatic amines is 1. The van der Waals surface area contributed by atoms with Crippen LogP contribution in [-0.4, -0.2) is 77.4 Å². The molecule has 3 aromatic rings. The lowest BCUT2D eigenvalue weighted by Crippen LogP contribution is -2.47. The third-order valence-electron chi connectivity index (χ3n) is 6.64. The van der Waals surface area contributed by atoms with E-state index in [1.807, 2.05) is 0 Å². The third kappa shape index (κ3) is 4.56. The molecule has 0 saturated carbocycles. The number of piperazine rings is 1. The van der Waals surface area contributed by atoms with Crippen molar-refractivity contribution in [3.8, 4) is 0 Å². The van der Waals surface area contributed by atoms with E-state index in [2.05, 4.69) is 47.1 Å². The highest BCUT2D eigenvalue weighted by molar-refractivity contribution is 6.36. The van der Waals surface area contributed by atoms with E-state index in [-0.39, 0.29) is 5.82 Å². The molecule has 2 fully saturated rings. The molecule has 5 rings (SSSR count). The van der Waals surface area contributed by atoms with Gasteiger partial charge in [-0.1, -0.05) is 18.5 Å². The zero-order chi connectivity index (χ0) is 22.8. The second-order valence-electron chi connectivity index (χ2n) is 8.69. The van der Waals surface area contributed by atoms with Crippen LogP contribution in [0.1, 0.15) is 25.5 Å². The monoisotopic (exact) mass is 472 g/mol. The molecule has 0 radical (unpaired) electrons. The normalized spacial score (nSPS) is 17.3. The fourth-order valence-electron chi connectivity index (χ4n) is 4.84. The van der Waals surface area contributed by atoms with Crippen molar-refractivity contribution in [3.63, 3.8) is 0 Å². The number of benzene rings is 1. The van der Waals surface area contributed by atoms with Gasteiger partial charge >= 0.3 is 0 Å². The molecule has 1 aromatic carbocycles. The number of rotatable bonds is 7. The van der Waals surface area contributed by atoms with E-state index in [4.69, 9.17) is 11.6 Å². The van der Waals surface area contributed by atoms with Crippen LogP contribution in [0, 0.1) is 5.82 Å². The summed E-state index contributed by atoms with van der Waals surface area (Å²) in [5, 5.41) is 12.3. The average Bonchev–Trinajstić information content (AvgIpc) is 3.51. The lowest BCUT2D eigenvalue weighted by molar-refractivity contribution is 0.352. The summed E-state index contributed by atoms with van der Waals surface area (Å²) in [6, 6.07) is 3.03. The van der Waals surface area contributed by atoms with E-state index in [0.717, 1.165) is 81.4 Å². The van der Waals surface area contributed by atoms with Crippen LogP contribution in [0.5, 0.6) is 0 Å². The van der Waals surface area contributed by atoms with Crippen molar-refractivity contribution in [2.45, 2.75) is 26.2 Å². The van der Waals surface area contributed by atoms with Crippen molar-refractivity contribution < 1.29 is 4.39 Å². The number of nitrogens with zero attached hydrogens (tertiary/aromatic N) is 6. The van der Waals surface area contributed by atoms with Gasteiger partial charge in [-0.2, -0.15) is 5.10 Å². The Labute approximate surface area is 198 Å². The highest BCUT2D eigenvalue weighted by Gasteiger charge is 2.24. The first-order valence-corrected chi connectivity index (χ1v) is 12.1. The Morgan fingerprint density at radius 2 is 1.82 bits per heavy atom. The quantitative estimate of drug-likeness (QED) is 0.544. The van der Waals surface area contributed by atoms with Gasteiger partial charge in [-0.25, -0.2) is 14.4 Å². The van der Waals surface area contributed by atoms with Crippen LogP contribution >= 0.6 is 11.6 Å². The molecule has 2 aromatic heterocycles. The van der Waals surface area contributed by atoms with Gasteiger partial charge in [-0.3, -0.25) is 5.10 Å². The zero-order valence-electron chi connectivity index (χ0n) is 18.9. The fourth-order valence-corrected chi connectivity index (χ4v) is 5.14. The number of anilines is 3. The maximum atomic E-state index is 14.5. The highest BCUT2D eigenvalue weighted by atomic mass is 35.5. The first-order chi connectivity index (χ1) is 16.1. The molecule has 8 nitrogen and oxygen atoms in total. The molecule has 0 unspecified atom stereocenters. The topological polar surface area (TPSA) is 76.2 Å². The summed E-state index contributed by atoms with van der Waals surface area (Å²) in [4.78, 5) is 15.7. The third-order valence-corrected chi connectivity index (χ3v) is 7.04. The Bertz CT molecular complexity index is 1110. The predicted molar refractivity (Wildman–Crippen MR) is 131 cm³/mol. The summed E-state index contributed by atoms with van der Waals surface area (Å²) < 4.78 is 14.5. The largest absolute Gasteiger partial charge is 0.382 e. The number of hydrogen-bond donors (Lipinski definition) is 2. The predicted octanol–water partition coefficient (Wildman–Crippen LogP) is 3.54. The van der Waals surface area contributed by atoms with E-state index in [1.54, 1.807) is 6.33 Å². The number of fused-ring (bicyclic) bond motifs is 1. The molecule has 0 spiro atoms. The number of aromatic nitrogens is 4. The number of hydrogen-bond acceptors (Lipinski definition) is 7. The molecule has 4 heterocycles. The Kier molecular flexibility index (Phi) is 6.50. The Morgan fingerprint density at radius 3 is 2.58 bits per heavy atom. The molecule has 2 N–H and O–H groups in total. The fraction of sp³-hybridized carbons (Fsp3) is 0.522. The average molecular weight is 473 g/mol. The van der Waals surface area contributed by atoms with Gasteiger partial charge in [0.1, 0.15) is 18.0 Å². The van der Waals surface area contributed by atoms with E-state index in [1.165, 1.54) is 25.0 Å². The molecule has 2 saturated heterocycles. The first-order valence-electron chi connectivity index (χ1n) is 11.8. The van der Waals surface area contributed by atoms with Gasteiger partial charge in [-0.05, 0) is 44.5 Å². The molecular formula is C23H30ClFN8. The van der Waals surface area contributed by atoms with Crippen molar-refractivity contribution in [3.05, 3.63) is 35.0 Å². The number of likely N-dealkylation sites (tertiary alicyclic amines) is 1. The van der Waals surface area contributed by atoms with Crippen LogP contribution in [0.25, 0.3) is 11.0 Å². The summed E-state index contributed by atoms with van der Waals surface area (Å²) in [7, 11) is 0. The second kappa shape index (κ2) is 9.69. The van der Waals surface area contributed by atoms with Crippen molar-refractivity contribution in [1.82, 2.24) is 25.1 Å². The Balaban J connectivity index is 1.28. The van der Waals surface area contributed by atoms with Crippen LogP contribution in [0.4, 0.5) is 21.6 Å². The van der Waals surface area contributed by atoms with Crippen molar-refractivity contribution >= 4 is 39.8 Å². The summed E-state index contributed by atoms with van der Waals surface area (Å²) in [6.45, 7) is 9.03. The van der Waals surface area contributed by atoms with Gasteiger partial charge in [0.2, 0.25) is 0 Å². The molecule has 0 amide bonds. The minimum Gasteiger partial charge on any atom is -0.382 e. The molecule has 10 heteroatoms. The smallest absolute Gasteiger partial charge is 0.186 e. The lowest BCUT2D eigenvalue weighted by Gasteiger charge is -2.37. The number of aryl methyl sites for hydroxylation is 1. The van der Waals surface area contributed by atoms with Crippen LogP contribution in [0.15, 0.2) is 18.5 Å². The van der Waals surface area contributed by atoms with E-state index >= 15 is 0 Å². The van der Waals surface area contributed by atoms with Gasteiger partial charge in [0.15, 0.2) is 5.65 Å². The molecule has 33 heavy (non-hydrogen) atoms. The maximum absolute atomic E-state index is 14.5. The van der Waals surface area contributed by atoms with Crippen LogP contribution in [-0.2, 0) is 6.42 Å². The Morgan fingerprint density at radius 1 is 1.06 bits per heavy atom. The van der Waals surface area contributed by atoms with Crippen LogP contribution in [0.2, 0.25) is 5.02 Å². The minimum absolute atomic E-state index is 0.274. The summed E-state index contributed by atoms with van der Waals surface area (Å²) in [5.41, 5.74) is 3.14. The Hall–Kier alpha value is -2.65. The lowest BCUT2D eigenvalue weighted by atomic mass is 10.2. The summed E-state index contributed by atoms with van der Waals surface area (Å²) in [6.07, 6.45) is 4.92. The summed E-state index contributed by atoms with van der Waals surface area (Å²) >= 11 is 6.73. The molecular weight excluding hydrogens is 443 g/mol.